The van der Waals surface area contributed by atoms with Gasteiger partial charge in [-0.25, -0.2) is 8.80 Å². The van der Waals surface area contributed by atoms with Crippen LogP contribution in [0.25, 0.3) is 121 Å². The highest BCUT2D eigenvalue weighted by Crippen LogP contribution is 2.52. The number of aromatic nitrogens is 1. The molecule has 0 radical (unpaired) electrons. The predicted molar refractivity (Wildman–Crippen MR) is 284 cm³/mol. The highest BCUT2D eigenvalue weighted by Gasteiger charge is 2.55. The van der Waals surface area contributed by atoms with Crippen LogP contribution in [-0.4, -0.2) is 21.9 Å². The molecule has 7 heterocycles. The van der Waals surface area contributed by atoms with Gasteiger partial charge in [0.2, 0.25) is 5.70 Å². The van der Waals surface area contributed by atoms with E-state index in [1.807, 2.05) is 136 Å². The summed E-state index contributed by atoms with van der Waals surface area (Å²) in [4.78, 5) is 0. The number of furan rings is 4. The molecule has 6 nitrogen and oxygen atoms in total. The molecule has 0 atom stereocenters. The summed E-state index contributed by atoms with van der Waals surface area (Å²) < 4.78 is 50.0. The maximum Gasteiger partial charge on any atom is 0.847 e. The quantitative estimate of drug-likeness (QED) is 0.161. The fourth-order valence-corrected chi connectivity index (χ4v) is 11.9. The van der Waals surface area contributed by atoms with E-state index in [-0.39, 0.29) is 0 Å². The molecule has 0 N–H and O–H groups in total. The van der Waals surface area contributed by atoms with Crippen molar-refractivity contribution in [2.45, 2.75) is 0 Å². The Labute approximate surface area is 403 Å². The molecule has 0 bridgehead atoms. The Morgan fingerprint density at radius 1 is 0.380 bits per heavy atom. The summed E-state index contributed by atoms with van der Waals surface area (Å²) >= 11 is 0. The molecule has 330 valence electrons. The fraction of sp³-hybridized carbons (Fsp3) is 0. The highest BCUT2D eigenvalue weighted by atomic mass is 19.1. The third-order valence-corrected chi connectivity index (χ3v) is 14.8. The largest absolute Gasteiger partial charge is 0.847 e. The van der Waals surface area contributed by atoms with Gasteiger partial charge >= 0.3 is 7.26 Å². The van der Waals surface area contributed by atoms with Crippen molar-refractivity contribution < 1.29 is 26.5 Å². The van der Waals surface area contributed by atoms with Crippen LogP contribution in [0.3, 0.4) is 0 Å². The summed E-state index contributed by atoms with van der Waals surface area (Å²) in [5.74, 6) is 0. The molecule has 0 fully saturated rings. The standard InChI is InChI=1S/C63H35BFN2O4/c65-64-66-47(39-24-14-32-55-60(39)43-20-6-10-28-51(43)70-55)34-45(37-22-12-30-53-58(37)41-18-4-8-26-49(41)68-53)62(66)57(36-16-2-1-3-17-36)63-46(38-23-13-31-54-59(38)42-19-5-9-27-50(42)69-54)35-48(67(63)64)40-25-15-33-56-61(40)44-21-7-11-29-52(44)71-56/h1-35H/q+1. The lowest BCUT2D eigenvalue weighted by Gasteiger charge is -2.24. The molecule has 14 aromatic rings. The molecule has 2 aliphatic rings. The third kappa shape index (κ3) is 5.28. The lowest BCUT2D eigenvalue weighted by atomic mass is 9.83. The van der Waals surface area contributed by atoms with E-state index in [4.69, 9.17) is 17.7 Å². The van der Waals surface area contributed by atoms with Crippen LogP contribution in [0.2, 0.25) is 0 Å². The zero-order valence-electron chi connectivity index (χ0n) is 37.7. The first-order valence-electron chi connectivity index (χ1n) is 23.9. The second kappa shape index (κ2) is 14.3. The van der Waals surface area contributed by atoms with E-state index in [0.29, 0.717) is 11.4 Å². The van der Waals surface area contributed by atoms with Crippen LogP contribution in [0.15, 0.2) is 236 Å². The zero-order chi connectivity index (χ0) is 46.5. The molecular weight excluding hydrogens is 879 g/mol. The Balaban J connectivity index is 1.11. The normalized spacial score (nSPS) is 13.9. The van der Waals surface area contributed by atoms with E-state index in [0.717, 1.165) is 144 Å². The maximum absolute atomic E-state index is 19.9. The summed E-state index contributed by atoms with van der Waals surface area (Å²) in [6, 6.07) is 69.8. The lowest BCUT2D eigenvalue weighted by molar-refractivity contribution is -0.332. The number of hydrogen-bond donors (Lipinski definition) is 0. The van der Waals surface area contributed by atoms with Crippen LogP contribution < -0.4 is 0 Å². The number of benzene rings is 9. The van der Waals surface area contributed by atoms with Crippen LogP contribution in [0, 0.1) is 0 Å². The van der Waals surface area contributed by atoms with E-state index < -0.39 is 7.26 Å². The van der Waals surface area contributed by atoms with Gasteiger partial charge in [0.05, 0.1) is 22.4 Å². The molecule has 9 aromatic carbocycles. The second-order valence-corrected chi connectivity index (χ2v) is 18.5. The monoisotopic (exact) mass is 913 g/mol. The van der Waals surface area contributed by atoms with Crippen LogP contribution in [0.5, 0.6) is 0 Å². The Kier molecular flexibility index (Phi) is 7.78. The molecule has 71 heavy (non-hydrogen) atoms. The highest BCUT2D eigenvalue weighted by molar-refractivity contribution is 6.47. The first kappa shape index (κ1) is 38.6. The number of fused-ring (bicyclic) bond motifs is 14. The minimum atomic E-state index is -1.76. The Hall–Kier alpha value is -9.40. The first-order chi connectivity index (χ1) is 35.2. The van der Waals surface area contributed by atoms with Gasteiger partial charge in [0.25, 0.3) is 0 Å². The van der Waals surface area contributed by atoms with Crippen LogP contribution in [-0.2, 0) is 0 Å². The van der Waals surface area contributed by atoms with Gasteiger partial charge in [-0.1, -0.05) is 146 Å². The van der Waals surface area contributed by atoms with Gasteiger partial charge in [0.15, 0.2) is 5.71 Å². The lowest BCUT2D eigenvalue weighted by Crippen LogP contribution is -2.41. The van der Waals surface area contributed by atoms with E-state index >= 15 is 4.32 Å². The van der Waals surface area contributed by atoms with Crippen molar-refractivity contribution in [2.24, 2.45) is 0 Å². The Morgan fingerprint density at radius 2 is 0.789 bits per heavy atom. The zero-order valence-corrected chi connectivity index (χ0v) is 37.7. The average molecular weight is 914 g/mol. The molecule has 2 aliphatic heterocycles. The van der Waals surface area contributed by atoms with Crippen molar-refractivity contribution in [3.05, 3.63) is 240 Å². The van der Waals surface area contributed by atoms with Gasteiger partial charge in [-0.05, 0) is 71.8 Å². The van der Waals surface area contributed by atoms with Gasteiger partial charge in [0.1, 0.15) is 44.7 Å². The topological polar surface area (TPSA) is 60.5 Å². The van der Waals surface area contributed by atoms with Crippen molar-refractivity contribution in [3.8, 4) is 22.4 Å². The number of halogens is 1. The van der Waals surface area contributed by atoms with Crippen molar-refractivity contribution in [1.29, 1.82) is 0 Å². The smallest absolute Gasteiger partial charge is 0.456 e. The number of allylic oxidation sites excluding steroid dienone is 2. The molecule has 0 spiro atoms. The molecule has 0 saturated heterocycles. The van der Waals surface area contributed by atoms with E-state index in [2.05, 4.69) is 84.9 Å². The molecule has 0 aliphatic carbocycles. The summed E-state index contributed by atoms with van der Waals surface area (Å²) in [6.45, 7) is 0. The summed E-state index contributed by atoms with van der Waals surface area (Å²) in [7, 11) is -1.76. The number of nitrogens with zero attached hydrogens (tertiary/aromatic N) is 2. The van der Waals surface area contributed by atoms with E-state index in [1.165, 1.54) is 0 Å². The van der Waals surface area contributed by atoms with Gasteiger partial charge in [-0.15, -0.1) is 0 Å². The van der Waals surface area contributed by atoms with Crippen molar-refractivity contribution in [2.75, 3.05) is 0 Å². The fourth-order valence-electron chi connectivity index (χ4n) is 11.9. The van der Waals surface area contributed by atoms with Crippen molar-refractivity contribution in [1.82, 2.24) is 4.48 Å². The average Bonchev–Trinajstić information content (AvgIpc) is 4.29. The van der Waals surface area contributed by atoms with E-state index in [9.17, 15) is 0 Å². The SMILES string of the molecule is FB1n2c(-c3cccc4oc5ccccc5c34)cc(-c3cccc4oc5ccccc5c34)c2C(c2ccccc2)=C2C(c3cccc4oc5ccccc5c34)=CC(c3cccc4oc5ccccc5c34)=[N+]12. The minimum absolute atomic E-state index is 0.708. The minimum Gasteiger partial charge on any atom is -0.456 e. The van der Waals surface area contributed by atoms with Crippen molar-refractivity contribution >= 4 is 112 Å². The second-order valence-electron chi connectivity index (χ2n) is 18.5. The third-order valence-electron chi connectivity index (χ3n) is 14.8. The Morgan fingerprint density at radius 3 is 1.32 bits per heavy atom. The molecule has 0 amide bonds. The number of para-hydroxylation sites is 4. The van der Waals surface area contributed by atoms with E-state index in [1.54, 1.807) is 0 Å². The molecule has 0 unspecified atom stereocenters. The van der Waals surface area contributed by atoms with Crippen LogP contribution in [0.4, 0.5) is 4.32 Å². The summed E-state index contributed by atoms with van der Waals surface area (Å²) in [6.07, 6.45) is 2.19. The molecule has 8 heteroatoms. The molecule has 5 aromatic heterocycles. The summed E-state index contributed by atoms with van der Waals surface area (Å²) in [5.41, 5.74) is 16.1. The number of rotatable bonds is 5. The van der Waals surface area contributed by atoms with Crippen LogP contribution in [0.1, 0.15) is 22.4 Å². The maximum atomic E-state index is 19.9. The van der Waals surface area contributed by atoms with Gasteiger partial charge in [-0.3, -0.25) is 4.48 Å². The first-order valence-corrected chi connectivity index (χ1v) is 23.9. The Bertz CT molecular complexity index is 4730. The predicted octanol–water partition coefficient (Wildman–Crippen LogP) is 16.6. The van der Waals surface area contributed by atoms with Gasteiger partial charge < -0.3 is 17.7 Å². The van der Waals surface area contributed by atoms with Gasteiger partial charge in [-0.2, -0.15) is 0 Å². The molecular formula is C63H35BFN2O4+. The van der Waals surface area contributed by atoms with Crippen molar-refractivity contribution in [3.63, 3.8) is 0 Å². The van der Waals surface area contributed by atoms with Gasteiger partial charge in [0, 0.05) is 71.6 Å². The molecule has 0 saturated carbocycles. The summed E-state index contributed by atoms with van der Waals surface area (Å²) in [5, 5.41) is 7.66. The number of hydrogen-bond acceptors (Lipinski definition) is 4. The van der Waals surface area contributed by atoms with Crippen LogP contribution >= 0.6 is 0 Å². The molecule has 16 rings (SSSR count).